The first-order chi connectivity index (χ1) is 7.34. The molecule has 1 heterocycles. The van der Waals surface area contributed by atoms with Crippen molar-refractivity contribution in [3.8, 4) is 5.75 Å². The Morgan fingerprint density at radius 3 is 2.73 bits per heavy atom. The Morgan fingerprint density at radius 1 is 1.20 bits per heavy atom. The minimum atomic E-state index is 0.506. The van der Waals surface area contributed by atoms with Gasteiger partial charge in [0.25, 0.3) is 0 Å². The molecular weight excluding hydrogens is 186 g/mol. The summed E-state index contributed by atoms with van der Waals surface area (Å²) in [5, 5.41) is 0. The molecule has 1 aromatic heterocycles. The largest absolute Gasteiger partial charge is 0.487 e. The normalized spacial score (nSPS) is 9.93. The summed E-state index contributed by atoms with van der Waals surface area (Å²) >= 11 is 0. The zero-order valence-corrected chi connectivity index (χ0v) is 8.60. The van der Waals surface area contributed by atoms with Crippen molar-refractivity contribution >= 4 is 0 Å². The van der Waals surface area contributed by atoms with Gasteiger partial charge in [-0.2, -0.15) is 0 Å². The molecule has 0 aliphatic heterocycles. The number of rotatable bonds is 3. The van der Waals surface area contributed by atoms with Crippen molar-refractivity contribution in [3.05, 3.63) is 59.9 Å². The summed E-state index contributed by atoms with van der Waals surface area (Å²) < 4.78 is 5.56. The molecular formula is C13H12NO. The Morgan fingerprint density at radius 2 is 2.00 bits per heavy atom. The molecule has 2 heteroatoms. The number of ether oxygens (including phenoxy) is 1. The molecule has 1 aromatic carbocycles. The fraction of sp³-hybridized carbons (Fsp3) is 0.154. The van der Waals surface area contributed by atoms with Crippen LogP contribution in [0.25, 0.3) is 0 Å². The first-order valence-corrected chi connectivity index (χ1v) is 4.86. The number of pyridine rings is 1. The van der Waals surface area contributed by atoms with Gasteiger partial charge in [-0.05, 0) is 37.3 Å². The van der Waals surface area contributed by atoms with Gasteiger partial charge in [-0.3, -0.25) is 4.98 Å². The Labute approximate surface area is 89.6 Å². The number of aromatic nitrogens is 1. The molecule has 2 nitrogen and oxygen atoms in total. The Hall–Kier alpha value is -1.83. The smallest absolute Gasteiger partial charge is 0.130 e. The topological polar surface area (TPSA) is 22.1 Å². The number of aryl methyl sites for hydroxylation is 1. The third-order valence-corrected chi connectivity index (χ3v) is 2.02. The molecule has 1 radical (unpaired) electrons. The number of nitrogens with zero attached hydrogens (tertiary/aromatic N) is 1. The van der Waals surface area contributed by atoms with Crippen molar-refractivity contribution < 1.29 is 4.74 Å². The SMILES string of the molecule is Cc1cccc(COc2cc[c]cc2)n1. The minimum absolute atomic E-state index is 0.506. The molecule has 2 aromatic rings. The van der Waals surface area contributed by atoms with Crippen LogP contribution < -0.4 is 4.74 Å². The van der Waals surface area contributed by atoms with Gasteiger partial charge in [-0.15, -0.1) is 0 Å². The van der Waals surface area contributed by atoms with Crippen molar-refractivity contribution in [2.75, 3.05) is 0 Å². The second-order valence-corrected chi connectivity index (χ2v) is 3.29. The molecule has 0 aliphatic carbocycles. The highest BCUT2D eigenvalue weighted by molar-refractivity contribution is 5.20. The zero-order valence-electron chi connectivity index (χ0n) is 8.60. The van der Waals surface area contributed by atoms with E-state index in [4.69, 9.17) is 4.74 Å². The van der Waals surface area contributed by atoms with Crippen LogP contribution in [0, 0.1) is 13.0 Å². The highest BCUT2D eigenvalue weighted by Gasteiger charge is 1.96. The maximum atomic E-state index is 5.56. The molecule has 0 N–H and O–H groups in total. The van der Waals surface area contributed by atoms with Gasteiger partial charge in [-0.25, -0.2) is 0 Å². The average molecular weight is 198 g/mol. The standard InChI is InChI=1S/C13H12NO/c1-11-6-5-7-12(14-11)10-15-13-8-3-2-4-9-13/h3-9H,10H2,1H3. The summed E-state index contributed by atoms with van der Waals surface area (Å²) in [6.45, 7) is 2.48. The van der Waals surface area contributed by atoms with Gasteiger partial charge in [0.05, 0.1) is 5.69 Å². The zero-order chi connectivity index (χ0) is 10.5. The van der Waals surface area contributed by atoms with E-state index in [0.717, 1.165) is 17.1 Å². The molecule has 0 spiro atoms. The van der Waals surface area contributed by atoms with E-state index in [1.54, 1.807) is 0 Å². The highest BCUT2D eigenvalue weighted by atomic mass is 16.5. The van der Waals surface area contributed by atoms with E-state index in [2.05, 4.69) is 11.1 Å². The van der Waals surface area contributed by atoms with E-state index in [-0.39, 0.29) is 0 Å². The third kappa shape index (κ3) is 2.81. The molecule has 0 fully saturated rings. The summed E-state index contributed by atoms with van der Waals surface area (Å²) in [6, 6.07) is 16.3. The lowest BCUT2D eigenvalue weighted by atomic mass is 10.3. The second-order valence-electron chi connectivity index (χ2n) is 3.29. The van der Waals surface area contributed by atoms with Gasteiger partial charge in [0.1, 0.15) is 12.4 Å². The summed E-state index contributed by atoms with van der Waals surface area (Å²) in [5.41, 5.74) is 1.96. The minimum Gasteiger partial charge on any atom is -0.487 e. The van der Waals surface area contributed by atoms with Crippen LogP contribution in [0.5, 0.6) is 5.75 Å². The Kier molecular flexibility index (Phi) is 2.98. The van der Waals surface area contributed by atoms with E-state index >= 15 is 0 Å². The van der Waals surface area contributed by atoms with Crippen LogP contribution >= 0.6 is 0 Å². The number of hydrogen-bond donors (Lipinski definition) is 0. The van der Waals surface area contributed by atoms with Gasteiger partial charge in [-0.1, -0.05) is 18.2 Å². The lowest BCUT2D eigenvalue weighted by molar-refractivity contribution is 0.301. The molecule has 0 bridgehead atoms. The van der Waals surface area contributed by atoms with Crippen LogP contribution in [-0.4, -0.2) is 4.98 Å². The molecule has 0 atom stereocenters. The van der Waals surface area contributed by atoms with Crippen molar-refractivity contribution in [3.63, 3.8) is 0 Å². The van der Waals surface area contributed by atoms with Crippen molar-refractivity contribution in [2.45, 2.75) is 13.5 Å². The first kappa shape index (κ1) is 9.71. The van der Waals surface area contributed by atoms with E-state index in [0.29, 0.717) is 6.61 Å². The molecule has 0 saturated carbocycles. The van der Waals surface area contributed by atoms with Crippen LogP contribution in [-0.2, 0) is 6.61 Å². The van der Waals surface area contributed by atoms with Crippen LogP contribution in [0.2, 0.25) is 0 Å². The monoisotopic (exact) mass is 198 g/mol. The van der Waals surface area contributed by atoms with Gasteiger partial charge in [0.2, 0.25) is 0 Å². The van der Waals surface area contributed by atoms with Crippen LogP contribution in [0.1, 0.15) is 11.4 Å². The van der Waals surface area contributed by atoms with Crippen LogP contribution in [0.3, 0.4) is 0 Å². The number of benzene rings is 1. The average Bonchev–Trinajstić information content (AvgIpc) is 2.28. The fourth-order valence-corrected chi connectivity index (χ4v) is 1.30. The quantitative estimate of drug-likeness (QED) is 0.756. The molecule has 0 saturated heterocycles. The fourth-order valence-electron chi connectivity index (χ4n) is 1.30. The van der Waals surface area contributed by atoms with Crippen molar-refractivity contribution in [1.29, 1.82) is 0 Å². The lowest BCUT2D eigenvalue weighted by Crippen LogP contribution is -1.98. The van der Waals surface area contributed by atoms with Gasteiger partial charge < -0.3 is 4.74 Å². The van der Waals surface area contributed by atoms with Crippen molar-refractivity contribution in [1.82, 2.24) is 4.98 Å². The highest BCUT2D eigenvalue weighted by Crippen LogP contribution is 2.10. The number of hydrogen-bond acceptors (Lipinski definition) is 2. The van der Waals surface area contributed by atoms with Gasteiger partial charge in [0, 0.05) is 5.69 Å². The summed E-state index contributed by atoms with van der Waals surface area (Å²) in [4.78, 5) is 4.36. The first-order valence-electron chi connectivity index (χ1n) is 4.86. The van der Waals surface area contributed by atoms with E-state index in [1.165, 1.54) is 0 Å². The Bertz CT molecular complexity index is 426. The predicted molar refractivity (Wildman–Crippen MR) is 58.6 cm³/mol. The molecule has 2 rings (SSSR count). The van der Waals surface area contributed by atoms with Crippen LogP contribution in [0.4, 0.5) is 0 Å². The lowest BCUT2D eigenvalue weighted by Gasteiger charge is -2.05. The Balaban J connectivity index is 1.99. The van der Waals surface area contributed by atoms with E-state index < -0.39 is 0 Å². The predicted octanol–water partition coefficient (Wildman–Crippen LogP) is 2.77. The second kappa shape index (κ2) is 4.60. The van der Waals surface area contributed by atoms with Crippen LogP contribution in [0.15, 0.2) is 42.5 Å². The summed E-state index contributed by atoms with van der Waals surface area (Å²) in [5.74, 6) is 0.844. The molecule has 0 unspecified atom stereocenters. The molecule has 0 amide bonds. The summed E-state index contributed by atoms with van der Waals surface area (Å²) in [7, 11) is 0. The maximum Gasteiger partial charge on any atom is 0.130 e. The summed E-state index contributed by atoms with van der Waals surface area (Å²) in [6.07, 6.45) is 0. The van der Waals surface area contributed by atoms with E-state index in [9.17, 15) is 0 Å². The van der Waals surface area contributed by atoms with Gasteiger partial charge >= 0.3 is 0 Å². The van der Waals surface area contributed by atoms with Crippen molar-refractivity contribution in [2.24, 2.45) is 0 Å². The molecule has 15 heavy (non-hydrogen) atoms. The third-order valence-electron chi connectivity index (χ3n) is 2.02. The van der Waals surface area contributed by atoms with Gasteiger partial charge in [0.15, 0.2) is 0 Å². The maximum absolute atomic E-state index is 5.56. The van der Waals surface area contributed by atoms with E-state index in [1.807, 2.05) is 49.4 Å². The molecule has 0 aliphatic rings. The molecule has 75 valence electrons.